The minimum atomic E-state index is 0.0507. The molecule has 5 heteroatoms. The molecule has 5 nitrogen and oxygen atoms in total. The second kappa shape index (κ2) is 7.17. The van der Waals surface area contributed by atoms with Gasteiger partial charge < -0.3 is 15.2 Å². The van der Waals surface area contributed by atoms with Gasteiger partial charge in [-0.05, 0) is 30.7 Å². The van der Waals surface area contributed by atoms with E-state index in [2.05, 4.69) is 22.2 Å². The lowest BCUT2D eigenvalue weighted by Crippen LogP contribution is -2.05. The number of aromatic nitrogens is 2. The molecule has 1 heterocycles. The molecule has 0 spiro atoms. The molecule has 0 saturated carbocycles. The Bertz CT molecular complexity index is 849. The maximum Gasteiger partial charge on any atom is 0.168 e. The first-order valence-electron chi connectivity index (χ1n) is 8.11. The number of unbranched alkanes of at least 4 members (excludes halogenated alkanes) is 1. The molecule has 3 aromatic rings. The van der Waals surface area contributed by atoms with Crippen LogP contribution in [0.5, 0.6) is 11.5 Å². The molecule has 3 rings (SSSR count). The van der Waals surface area contributed by atoms with Gasteiger partial charge in [-0.1, -0.05) is 31.5 Å². The highest BCUT2D eigenvalue weighted by molar-refractivity contribution is 5.91. The monoisotopic (exact) mass is 323 g/mol. The lowest BCUT2D eigenvalue weighted by molar-refractivity contribution is 0.374. The molecule has 0 amide bonds. The molecule has 2 aromatic carbocycles. The maximum absolute atomic E-state index is 10.4. The lowest BCUT2D eigenvalue weighted by Gasteiger charge is -2.12. The molecule has 0 aliphatic carbocycles. The number of para-hydroxylation sites is 2. The number of fused-ring (bicyclic) bond motifs is 1. The molecule has 0 bridgehead atoms. The van der Waals surface area contributed by atoms with Gasteiger partial charge in [-0.25, -0.2) is 9.97 Å². The van der Waals surface area contributed by atoms with Gasteiger partial charge in [0.2, 0.25) is 0 Å². The van der Waals surface area contributed by atoms with E-state index in [1.807, 2.05) is 30.3 Å². The van der Waals surface area contributed by atoms with Crippen molar-refractivity contribution >= 4 is 16.7 Å². The van der Waals surface area contributed by atoms with Gasteiger partial charge in [0.25, 0.3) is 0 Å². The van der Waals surface area contributed by atoms with E-state index in [0.29, 0.717) is 17.1 Å². The quantitative estimate of drug-likeness (QED) is 0.665. The van der Waals surface area contributed by atoms with Crippen molar-refractivity contribution in [3.05, 3.63) is 42.5 Å². The first kappa shape index (κ1) is 16.1. The van der Waals surface area contributed by atoms with Crippen LogP contribution in [-0.4, -0.2) is 28.7 Å². The molecule has 0 saturated heterocycles. The van der Waals surface area contributed by atoms with Gasteiger partial charge in [0.15, 0.2) is 17.3 Å². The summed E-state index contributed by atoms with van der Waals surface area (Å²) in [6.45, 7) is 3.00. The van der Waals surface area contributed by atoms with Gasteiger partial charge in [0.1, 0.15) is 5.82 Å². The zero-order chi connectivity index (χ0) is 16.9. The van der Waals surface area contributed by atoms with Crippen LogP contribution < -0.4 is 10.1 Å². The number of phenolic OH excluding ortho intramolecular Hbond substituents is 1. The fourth-order valence-electron chi connectivity index (χ4n) is 2.58. The summed E-state index contributed by atoms with van der Waals surface area (Å²) >= 11 is 0. The van der Waals surface area contributed by atoms with E-state index in [9.17, 15) is 5.11 Å². The van der Waals surface area contributed by atoms with Crippen molar-refractivity contribution in [1.82, 2.24) is 9.97 Å². The number of benzene rings is 2. The molecule has 1 aromatic heterocycles. The van der Waals surface area contributed by atoms with Gasteiger partial charge in [-0.2, -0.15) is 0 Å². The van der Waals surface area contributed by atoms with E-state index < -0.39 is 0 Å². The third-order valence-corrected chi connectivity index (χ3v) is 3.89. The van der Waals surface area contributed by atoms with Crippen molar-refractivity contribution < 1.29 is 9.84 Å². The van der Waals surface area contributed by atoms with Crippen molar-refractivity contribution in [1.29, 1.82) is 0 Å². The number of hydrogen-bond acceptors (Lipinski definition) is 5. The normalized spacial score (nSPS) is 10.8. The smallest absolute Gasteiger partial charge is 0.168 e. The molecule has 0 atom stereocenters. The van der Waals surface area contributed by atoms with E-state index in [0.717, 1.165) is 36.1 Å². The number of aromatic hydroxyl groups is 1. The second-order valence-electron chi connectivity index (χ2n) is 5.55. The van der Waals surface area contributed by atoms with Crippen LogP contribution >= 0.6 is 0 Å². The largest absolute Gasteiger partial charge is 0.504 e. The summed E-state index contributed by atoms with van der Waals surface area (Å²) in [4.78, 5) is 9.25. The number of methoxy groups -OCH3 is 1. The topological polar surface area (TPSA) is 67.3 Å². The summed E-state index contributed by atoms with van der Waals surface area (Å²) in [7, 11) is 1.53. The van der Waals surface area contributed by atoms with Crippen LogP contribution in [0.3, 0.4) is 0 Å². The van der Waals surface area contributed by atoms with Crippen molar-refractivity contribution in [2.75, 3.05) is 19.0 Å². The van der Waals surface area contributed by atoms with Gasteiger partial charge in [-0.15, -0.1) is 0 Å². The Kier molecular flexibility index (Phi) is 4.79. The first-order chi connectivity index (χ1) is 11.7. The fraction of sp³-hybridized carbons (Fsp3) is 0.263. The number of nitrogens with one attached hydrogen (secondary N) is 1. The zero-order valence-electron chi connectivity index (χ0n) is 13.9. The number of phenols is 1. The molecule has 24 heavy (non-hydrogen) atoms. The predicted octanol–water partition coefficient (Wildman–Crippen LogP) is 4.22. The third-order valence-electron chi connectivity index (χ3n) is 3.89. The molecular formula is C19H21N3O2. The Morgan fingerprint density at radius 3 is 2.71 bits per heavy atom. The lowest BCUT2D eigenvalue weighted by atomic mass is 10.1. The third kappa shape index (κ3) is 3.11. The van der Waals surface area contributed by atoms with Crippen LogP contribution in [-0.2, 0) is 0 Å². The van der Waals surface area contributed by atoms with E-state index >= 15 is 0 Å². The Hall–Kier alpha value is -2.82. The minimum Gasteiger partial charge on any atom is -0.504 e. The highest BCUT2D eigenvalue weighted by atomic mass is 16.5. The number of hydrogen-bond donors (Lipinski definition) is 2. The van der Waals surface area contributed by atoms with Crippen molar-refractivity contribution in [2.24, 2.45) is 0 Å². The van der Waals surface area contributed by atoms with Crippen LogP contribution in [0.2, 0.25) is 0 Å². The molecule has 0 fully saturated rings. The molecule has 2 N–H and O–H groups in total. The molecule has 0 radical (unpaired) electrons. The number of rotatable bonds is 6. The molecule has 0 aliphatic heterocycles. The van der Waals surface area contributed by atoms with Crippen LogP contribution in [0.25, 0.3) is 22.3 Å². The standard InChI is InChI=1S/C19H21N3O2/c1-3-4-12-20-18-13-8-5-6-10-15(13)21-19(22-18)14-9-7-11-16(24-2)17(14)23/h5-11,23H,3-4,12H2,1-2H3,(H,20,21,22). The van der Waals surface area contributed by atoms with E-state index in [4.69, 9.17) is 4.74 Å². The van der Waals surface area contributed by atoms with Crippen molar-refractivity contribution in [3.8, 4) is 22.9 Å². The highest BCUT2D eigenvalue weighted by Gasteiger charge is 2.14. The summed E-state index contributed by atoms with van der Waals surface area (Å²) in [6.07, 6.45) is 2.18. The molecule has 124 valence electrons. The van der Waals surface area contributed by atoms with Gasteiger partial charge in [0, 0.05) is 11.9 Å². The minimum absolute atomic E-state index is 0.0507. The summed E-state index contributed by atoms with van der Waals surface area (Å²) in [5.41, 5.74) is 1.39. The van der Waals surface area contributed by atoms with Crippen LogP contribution in [0, 0.1) is 0 Å². The van der Waals surface area contributed by atoms with E-state index in [-0.39, 0.29) is 5.75 Å². The molecular weight excluding hydrogens is 302 g/mol. The first-order valence-corrected chi connectivity index (χ1v) is 8.11. The Labute approximate surface area is 141 Å². The SMILES string of the molecule is CCCCNc1nc(-c2cccc(OC)c2O)nc2ccccc12. The van der Waals surface area contributed by atoms with Crippen molar-refractivity contribution in [2.45, 2.75) is 19.8 Å². The zero-order valence-corrected chi connectivity index (χ0v) is 13.9. The Morgan fingerprint density at radius 2 is 1.92 bits per heavy atom. The summed E-state index contributed by atoms with van der Waals surface area (Å²) in [5.74, 6) is 1.72. The Morgan fingerprint density at radius 1 is 1.08 bits per heavy atom. The molecule has 0 aliphatic rings. The van der Waals surface area contributed by atoms with Crippen LogP contribution in [0.1, 0.15) is 19.8 Å². The van der Waals surface area contributed by atoms with E-state index in [1.165, 1.54) is 7.11 Å². The van der Waals surface area contributed by atoms with E-state index in [1.54, 1.807) is 12.1 Å². The number of anilines is 1. The van der Waals surface area contributed by atoms with Gasteiger partial charge in [0.05, 0.1) is 18.2 Å². The van der Waals surface area contributed by atoms with Crippen molar-refractivity contribution in [3.63, 3.8) is 0 Å². The average Bonchev–Trinajstić information content (AvgIpc) is 2.62. The number of ether oxygens (including phenoxy) is 1. The summed E-state index contributed by atoms with van der Waals surface area (Å²) in [6, 6.07) is 13.2. The second-order valence-corrected chi connectivity index (χ2v) is 5.55. The summed E-state index contributed by atoms with van der Waals surface area (Å²) < 4.78 is 5.18. The Balaban J connectivity index is 2.12. The highest BCUT2D eigenvalue weighted by Crippen LogP contribution is 2.36. The van der Waals surface area contributed by atoms with Gasteiger partial charge >= 0.3 is 0 Å². The fourth-order valence-corrected chi connectivity index (χ4v) is 2.58. The maximum atomic E-state index is 10.4. The van der Waals surface area contributed by atoms with Crippen LogP contribution in [0.15, 0.2) is 42.5 Å². The summed E-state index contributed by atoms with van der Waals surface area (Å²) in [5, 5.41) is 14.7. The molecule has 0 unspecified atom stereocenters. The van der Waals surface area contributed by atoms with Crippen LogP contribution in [0.4, 0.5) is 5.82 Å². The van der Waals surface area contributed by atoms with Gasteiger partial charge in [-0.3, -0.25) is 0 Å². The average molecular weight is 323 g/mol. The predicted molar refractivity (Wildman–Crippen MR) is 96.6 cm³/mol. The number of nitrogens with zero attached hydrogens (tertiary/aromatic N) is 2.